The molecular weight excluding hydrogens is 266 g/mol. The zero-order valence-electron chi connectivity index (χ0n) is 11.1. The second kappa shape index (κ2) is 6.65. The average Bonchev–Trinajstić information content (AvgIpc) is 2.40. The summed E-state index contributed by atoms with van der Waals surface area (Å²) >= 11 is 0. The molecule has 106 valence electrons. The van der Waals surface area contributed by atoms with Gasteiger partial charge in [0.15, 0.2) is 0 Å². The molecule has 1 amide bonds. The van der Waals surface area contributed by atoms with Gasteiger partial charge in [0.2, 0.25) is 15.9 Å². The number of anilines is 1. The Bertz CT molecular complexity index is 522. The molecule has 0 aliphatic carbocycles. The van der Waals surface area contributed by atoms with Gasteiger partial charge in [0.05, 0.1) is 11.4 Å². The summed E-state index contributed by atoms with van der Waals surface area (Å²) in [5.74, 6) is -0.320. The van der Waals surface area contributed by atoms with Crippen molar-refractivity contribution in [2.75, 3.05) is 25.0 Å². The summed E-state index contributed by atoms with van der Waals surface area (Å²) < 4.78 is 25.8. The van der Waals surface area contributed by atoms with E-state index in [-0.39, 0.29) is 17.3 Å². The summed E-state index contributed by atoms with van der Waals surface area (Å²) in [6.45, 7) is 4.31. The lowest BCUT2D eigenvalue weighted by Gasteiger charge is -2.18. The third-order valence-electron chi connectivity index (χ3n) is 2.67. The molecule has 0 spiro atoms. The highest BCUT2D eigenvalue weighted by atomic mass is 32.2. The van der Waals surface area contributed by atoms with Crippen LogP contribution in [0.3, 0.4) is 0 Å². The summed E-state index contributed by atoms with van der Waals surface area (Å²) in [4.78, 5) is 11.3. The van der Waals surface area contributed by atoms with E-state index in [0.29, 0.717) is 18.8 Å². The highest BCUT2D eigenvalue weighted by Crippen LogP contribution is 2.18. The number of hydrogen-bond acceptors (Lipinski definition) is 4. The maximum Gasteiger partial charge on any atom is 0.243 e. The minimum atomic E-state index is -3.46. The van der Waals surface area contributed by atoms with Gasteiger partial charge >= 0.3 is 0 Å². The topological polar surface area (TPSA) is 92.5 Å². The number of rotatable bonds is 6. The first kappa shape index (κ1) is 15.6. The Hall–Kier alpha value is -1.44. The fourth-order valence-electron chi connectivity index (χ4n) is 1.63. The number of nitrogens with zero attached hydrogens (tertiary/aromatic N) is 1. The van der Waals surface area contributed by atoms with Crippen LogP contribution in [0.2, 0.25) is 0 Å². The van der Waals surface area contributed by atoms with Crippen molar-refractivity contribution in [1.29, 1.82) is 0 Å². The van der Waals surface area contributed by atoms with E-state index in [9.17, 15) is 13.2 Å². The third-order valence-corrected chi connectivity index (χ3v) is 4.73. The molecule has 0 saturated carbocycles. The van der Waals surface area contributed by atoms with Gasteiger partial charge in [0, 0.05) is 18.8 Å². The van der Waals surface area contributed by atoms with Crippen molar-refractivity contribution >= 4 is 21.6 Å². The minimum Gasteiger partial charge on any atom is -0.325 e. The van der Waals surface area contributed by atoms with Crippen molar-refractivity contribution < 1.29 is 13.2 Å². The molecular formula is C12H19N3O3S. The Morgan fingerprint density at radius 1 is 1.21 bits per heavy atom. The summed E-state index contributed by atoms with van der Waals surface area (Å²) in [5, 5.41) is 2.56. The maximum atomic E-state index is 12.2. The van der Waals surface area contributed by atoms with E-state index < -0.39 is 10.0 Å². The van der Waals surface area contributed by atoms with Gasteiger partial charge in [-0.25, -0.2) is 8.42 Å². The average molecular weight is 285 g/mol. The molecule has 0 fully saturated rings. The van der Waals surface area contributed by atoms with Crippen LogP contribution in [0.5, 0.6) is 0 Å². The normalized spacial score (nSPS) is 11.6. The Balaban J connectivity index is 2.95. The van der Waals surface area contributed by atoms with Crippen LogP contribution in [-0.4, -0.2) is 38.3 Å². The van der Waals surface area contributed by atoms with Gasteiger partial charge in [0.25, 0.3) is 0 Å². The molecule has 1 aromatic rings. The summed E-state index contributed by atoms with van der Waals surface area (Å²) in [6.07, 6.45) is 0. The predicted molar refractivity (Wildman–Crippen MR) is 74.2 cm³/mol. The molecule has 0 bridgehead atoms. The van der Waals surface area contributed by atoms with E-state index >= 15 is 0 Å². The largest absolute Gasteiger partial charge is 0.325 e. The quantitative estimate of drug-likeness (QED) is 0.801. The van der Waals surface area contributed by atoms with Gasteiger partial charge in [-0.3, -0.25) is 4.79 Å². The standard InChI is InChI=1S/C12H19N3O3S/c1-3-15(4-2)19(17,18)11-7-5-10(6-8-11)14-12(16)9-13/h5-8H,3-4,9,13H2,1-2H3,(H,14,16). The molecule has 0 unspecified atom stereocenters. The van der Waals surface area contributed by atoms with E-state index in [1.807, 2.05) is 0 Å². The van der Waals surface area contributed by atoms with Crippen LogP contribution in [0.1, 0.15) is 13.8 Å². The summed E-state index contributed by atoms with van der Waals surface area (Å²) in [7, 11) is -3.46. The van der Waals surface area contributed by atoms with E-state index in [1.165, 1.54) is 16.4 Å². The molecule has 19 heavy (non-hydrogen) atoms. The number of nitrogens with two attached hydrogens (primary N) is 1. The SMILES string of the molecule is CCN(CC)S(=O)(=O)c1ccc(NC(=O)CN)cc1. The Morgan fingerprint density at radius 2 is 1.74 bits per heavy atom. The zero-order valence-corrected chi connectivity index (χ0v) is 11.9. The molecule has 3 N–H and O–H groups in total. The lowest BCUT2D eigenvalue weighted by molar-refractivity contribution is -0.114. The smallest absolute Gasteiger partial charge is 0.243 e. The van der Waals surface area contributed by atoms with Crippen LogP contribution in [0.25, 0.3) is 0 Å². The van der Waals surface area contributed by atoms with Crippen LogP contribution in [-0.2, 0) is 14.8 Å². The number of amides is 1. The van der Waals surface area contributed by atoms with Crippen LogP contribution in [0, 0.1) is 0 Å². The molecule has 6 nitrogen and oxygen atoms in total. The first-order chi connectivity index (χ1) is 8.95. The predicted octanol–water partition coefficient (Wildman–Crippen LogP) is 0.614. The number of nitrogens with one attached hydrogen (secondary N) is 1. The van der Waals surface area contributed by atoms with Crippen LogP contribution in [0.4, 0.5) is 5.69 Å². The van der Waals surface area contributed by atoms with Crippen LogP contribution >= 0.6 is 0 Å². The molecule has 0 saturated heterocycles. The number of carbonyl (C=O) groups excluding carboxylic acids is 1. The summed E-state index contributed by atoms with van der Waals surface area (Å²) in [6, 6.07) is 6.04. The van der Waals surface area contributed by atoms with Gasteiger partial charge in [-0.2, -0.15) is 4.31 Å². The number of sulfonamides is 1. The molecule has 0 aliphatic heterocycles. The lowest BCUT2D eigenvalue weighted by atomic mass is 10.3. The number of benzene rings is 1. The molecule has 1 rings (SSSR count). The van der Waals surface area contributed by atoms with E-state index in [2.05, 4.69) is 5.32 Å². The molecule has 1 aromatic carbocycles. The molecule has 7 heteroatoms. The monoisotopic (exact) mass is 285 g/mol. The van der Waals surface area contributed by atoms with Gasteiger partial charge in [0.1, 0.15) is 0 Å². The van der Waals surface area contributed by atoms with Gasteiger partial charge in [-0.15, -0.1) is 0 Å². The Morgan fingerprint density at radius 3 is 2.16 bits per heavy atom. The van der Waals surface area contributed by atoms with Crippen LogP contribution in [0.15, 0.2) is 29.2 Å². The van der Waals surface area contributed by atoms with Gasteiger partial charge in [-0.05, 0) is 24.3 Å². The van der Waals surface area contributed by atoms with Crippen molar-refractivity contribution in [3.05, 3.63) is 24.3 Å². The fraction of sp³-hybridized carbons (Fsp3) is 0.417. The first-order valence-corrected chi connectivity index (χ1v) is 7.49. The third kappa shape index (κ3) is 3.76. The first-order valence-electron chi connectivity index (χ1n) is 6.05. The van der Waals surface area contributed by atoms with Crippen molar-refractivity contribution in [3.8, 4) is 0 Å². The van der Waals surface area contributed by atoms with Gasteiger partial charge in [-0.1, -0.05) is 13.8 Å². The maximum absolute atomic E-state index is 12.2. The van der Waals surface area contributed by atoms with Gasteiger partial charge < -0.3 is 11.1 Å². The van der Waals surface area contributed by atoms with Crippen molar-refractivity contribution in [1.82, 2.24) is 4.31 Å². The molecule has 0 aromatic heterocycles. The molecule has 0 aliphatic rings. The second-order valence-electron chi connectivity index (χ2n) is 3.87. The van der Waals surface area contributed by atoms with Crippen molar-refractivity contribution in [3.63, 3.8) is 0 Å². The lowest BCUT2D eigenvalue weighted by Crippen LogP contribution is -2.30. The van der Waals surface area contributed by atoms with E-state index in [4.69, 9.17) is 5.73 Å². The number of carbonyl (C=O) groups is 1. The second-order valence-corrected chi connectivity index (χ2v) is 5.80. The summed E-state index contributed by atoms with van der Waals surface area (Å²) in [5.41, 5.74) is 5.70. The van der Waals surface area contributed by atoms with Crippen molar-refractivity contribution in [2.24, 2.45) is 5.73 Å². The Labute approximate surface area is 113 Å². The van der Waals surface area contributed by atoms with E-state index in [0.717, 1.165) is 0 Å². The minimum absolute atomic E-state index is 0.112. The highest BCUT2D eigenvalue weighted by Gasteiger charge is 2.21. The molecule has 0 radical (unpaired) electrons. The zero-order chi connectivity index (χ0) is 14.5. The highest BCUT2D eigenvalue weighted by molar-refractivity contribution is 7.89. The Kier molecular flexibility index (Phi) is 5.46. The van der Waals surface area contributed by atoms with Crippen molar-refractivity contribution in [2.45, 2.75) is 18.7 Å². The molecule has 0 atom stereocenters. The van der Waals surface area contributed by atoms with E-state index in [1.54, 1.807) is 26.0 Å². The number of hydrogen-bond donors (Lipinski definition) is 2. The fourth-order valence-corrected chi connectivity index (χ4v) is 3.09. The van der Waals surface area contributed by atoms with Crippen LogP contribution < -0.4 is 11.1 Å². The molecule has 0 heterocycles.